The van der Waals surface area contributed by atoms with E-state index in [-0.39, 0.29) is 18.4 Å². The average Bonchev–Trinajstić information content (AvgIpc) is 2.93. The molecule has 0 aliphatic heterocycles. The van der Waals surface area contributed by atoms with E-state index in [1.807, 2.05) is 26.2 Å². The van der Waals surface area contributed by atoms with Crippen LogP contribution in [0.25, 0.3) is 16.8 Å². The van der Waals surface area contributed by atoms with Gasteiger partial charge in [-0.1, -0.05) is 0 Å². The first-order valence-corrected chi connectivity index (χ1v) is 7.46. The van der Waals surface area contributed by atoms with Crippen LogP contribution in [-0.4, -0.2) is 46.3 Å². The number of carbonyl (C=O) groups is 1. The molecule has 0 aliphatic rings. The molecule has 0 atom stereocenters. The normalized spacial score (nSPS) is 10.4. The highest BCUT2D eigenvalue weighted by atomic mass is 35.5. The molecule has 132 valence electrons. The number of hydrogen-bond acceptors (Lipinski definition) is 7. The van der Waals surface area contributed by atoms with Crippen molar-refractivity contribution in [2.75, 3.05) is 31.3 Å². The zero-order chi connectivity index (χ0) is 17.3. The Morgan fingerprint density at radius 3 is 2.76 bits per heavy atom. The van der Waals surface area contributed by atoms with Crippen LogP contribution >= 0.6 is 12.4 Å². The molecule has 3 aromatic heterocycles. The van der Waals surface area contributed by atoms with E-state index in [1.165, 1.54) is 0 Å². The monoisotopic (exact) mass is 362 g/mol. The third-order valence-electron chi connectivity index (χ3n) is 3.47. The summed E-state index contributed by atoms with van der Waals surface area (Å²) in [5.41, 5.74) is 8.29. The van der Waals surface area contributed by atoms with E-state index in [4.69, 9.17) is 10.5 Å². The van der Waals surface area contributed by atoms with Crippen LogP contribution in [0.1, 0.15) is 17.3 Å². The van der Waals surface area contributed by atoms with Gasteiger partial charge in [0.15, 0.2) is 5.65 Å². The highest BCUT2D eigenvalue weighted by Gasteiger charge is 2.17. The molecule has 0 unspecified atom stereocenters. The van der Waals surface area contributed by atoms with E-state index in [0.29, 0.717) is 23.6 Å². The molecule has 3 heterocycles. The van der Waals surface area contributed by atoms with Gasteiger partial charge in [-0.3, -0.25) is 0 Å². The fourth-order valence-corrected chi connectivity index (χ4v) is 2.41. The van der Waals surface area contributed by atoms with Gasteiger partial charge in [-0.25, -0.2) is 14.3 Å². The van der Waals surface area contributed by atoms with Gasteiger partial charge in [-0.2, -0.15) is 4.98 Å². The number of aromatic nitrogens is 4. The molecule has 25 heavy (non-hydrogen) atoms. The second-order valence-electron chi connectivity index (χ2n) is 5.40. The largest absolute Gasteiger partial charge is 0.462 e. The molecule has 0 bridgehead atoms. The smallest absolute Gasteiger partial charge is 0.341 e. The number of anilines is 2. The van der Waals surface area contributed by atoms with E-state index in [2.05, 4.69) is 15.1 Å². The van der Waals surface area contributed by atoms with Crippen molar-refractivity contribution < 1.29 is 9.53 Å². The molecular formula is C16H19ClN6O2. The lowest BCUT2D eigenvalue weighted by atomic mass is 10.1. The van der Waals surface area contributed by atoms with Gasteiger partial charge < -0.3 is 15.4 Å². The molecule has 0 aliphatic carbocycles. The molecule has 0 saturated heterocycles. The minimum atomic E-state index is -0.400. The molecular weight excluding hydrogens is 344 g/mol. The lowest BCUT2D eigenvalue weighted by molar-refractivity contribution is 0.0527. The lowest BCUT2D eigenvalue weighted by Gasteiger charge is -2.16. The van der Waals surface area contributed by atoms with Crippen LogP contribution < -0.4 is 10.6 Å². The van der Waals surface area contributed by atoms with Crippen LogP contribution in [0, 0.1) is 0 Å². The fourth-order valence-electron chi connectivity index (χ4n) is 2.41. The molecule has 8 nitrogen and oxygen atoms in total. The molecule has 0 saturated carbocycles. The van der Waals surface area contributed by atoms with E-state index >= 15 is 0 Å². The van der Waals surface area contributed by atoms with Gasteiger partial charge in [0.25, 0.3) is 0 Å². The molecule has 3 rings (SSSR count). The van der Waals surface area contributed by atoms with E-state index in [9.17, 15) is 4.79 Å². The summed E-state index contributed by atoms with van der Waals surface area (Å²) in [4.78, 5) is 22.6. The molecule has 2 N–H and O–H groups in total. The molecule has 9 heteroatoms. The van der Waals surface area contributed by atoms with Gasteiger partial charge in [0, 0.05) is 32.1 Å². The number of ether oxygens (including phenoxy) is 1. The molecule has 0 aromatic carbocycles. The number of hydrogen-bond donors (Lipinski definition) is 1. The van der Waals surface area contributed by atoms with E-state index in [0.717, 1.165) is 11.1 Å². The number of nitrogens with two attached hydrogens (primary N) is 1. The van der Waals surface area contributed by atoms with Crippen molar-refractivity contribution in [1.29, 1.82) is 0 Å². The average molecular weight is 363 g/mol. The number of esters is 1. The van der Waals surface area contributed by atoms with Crippen molar-refractivity contribution in [2.45, 2.75) is 6.92 Å². The predicted molar refractivity (Wildman–Crippen MR) is 98.2 cm³/mol. The number of rotatable bonds is 4. The van der Waals surface area contributed by atoms with Crippen LogP contribution in [0.2, 0.25) is 0 Å². The van der Waals surface area contributed by atoms with Crippen LogP contribution in [0.15, 0.2) is 30.6 Å². The Morgan fingerprint density at radius 1 is 1.32 bits per heavy atom. The minimum Gasteiger partial charge on any atom is -0.462 e. The first-order chi connectivity index (χ1) is 11.5. The van der Waals surface area contributed by atoms with Crippen molar-refractivity contribution in [2.24, 2.45) is 0 Å². The van der Waals surface area contributed by atoms with Gasteiger partial charge in [-0.15, -0.1) is 17.5 Å². The maximum Gasteiger partial charge on any atom is 0.341 e. The van der Waals surface area contributed by atoms with Crippen molar-refractivity contribution in [3.8, 4) is 11.1 Å². The number of halogens is 1. The van der Waals surface area contributed by atoms with Crippen LogP contribution in [-0.2, 0) is 4.74 Å². The second kappa shape index (κ2) is 7.35. The Hall–Kier alpha value is -2.87. The highest BCUT2D eigenvalue weighted by molar-refractivity contribution is 5.96. The predicted octanol–water partition coefficient (Wildman–Crippen LogP) is 2.04. The first-order valence-electron chi connectivity index (χ1n) is 7.46. The van der Waals surface area contributed by atoms with Crippen molar-refractivity contribution in [1.82, 2.24) is 19.6 Å². The summed E-state index contributed by atoms with van der Waals surface area (Å²) in [6.07, 6.45) is 3.47. The zero-order valence-electron chi connectivity index (χ0n) is 14.1. The van der Waals surface area contributed by atoms with Gasteiger partial charge in [0.2, 0.25) is 5.95 Å². The quantitative estimate of drug-likeness (QED) is 0.709. The Morgan fingerprint density at radius 2 is 2.08 bits per heavy atom. The number of fused-ring (bicyclic) bond motifs is 1. The highest BCUT2D eigenvalue weighted by Crippen LogP contribution is 2.26. The standard InChI is InChI=1S/C16H18N6O2.ClH/c1-4-24-15(23)12-7-11(9-18-14(12)21(2)3)10-5-6-22-13(8-10)19-16(17)20-22;/h5-9H,4H2,1-3H3,(H2,17,20);1H. The summed E-state index contributed by atoms with van der Waals surface area (Å²) < 4.78 is 6.72. The molecule has 0 amide bonds. The van der Waals surface area contributed by atoms with Crippen LogP contribution in [0.3, 0.4) is 0 Å². The Bertz CT molecular complexity index is 909. The Labute approximate surface area is 151 Å². The minimum absolute atomic E-state index is 0. The number of nitrogen functional groups attached to an aromatic ring is 1. The van der Waals surface area contributed by atoms with Gasteiger partial charge in [0.05, 0.1) is 6.61 Å². The second-order valence-corrected chi connectivity index (χ2v) is 5.40. The Balaban J connectivity index is 0.00000225. The summed E-state index contributed by atoms with van der Waals surface area (Å²) in [7, 11) is 3.66. The Kier molecular flexibility index (Phi) is 5.43. The van der Waals surface area contributed by atoms with Crippen LogP contribution in [0.5, 0.6) is 0 Å². The maximum atomic E-state index is 12.2. The molecule has 3 aromatic rings. The summed E-state index contributed by atoms with van der Waals surface area (Å²) >= 11 is 0. The zero-order valence-corrected chi connectivity index (χ0v) is 14.9. The van der Waals surface area contributed by atoms with Gasteiger partial charge in [0.1, 0.15) is 11.4 Å². The topological polar surface area (TPSA) is 98.6 Å². The van der Waals surface area contributed by atoms with E-state index < -0.39 is 5.97 Å². The fraction of sp³-hybridized carbons (Fsp3) is 0.250. The SMILES string of the molecule is CCOC(=O)c1cc(-c2ccn3nc(N)nc3c2)cnc1N(C)C.Cl. The molecule has 0 spiro atoms. The van der Waals surface area contributed by atoms with Gasteiger partial charge >= 0.3 is 5.97 Å². The molecule has 0 fully saturated rings. The third-order valence-corrected chi connectivity index (χ3v) is 3.47. The molecule has 0 radical (unpaired) electrons. The van der Waals surface area contributed by atoms with Crippen molar-refractivity contribution in [3.63, 3.8) is 0 Å². The van der Waals surface area contributed by atoms with E-state index in [1.54, 1.807) is 34.8 Å². The summed E-state index contributed by atoms with van der Waals surface area (Å²) in [5.74, 6) is 0.369. The van der Waals surface area contributed by atoms with Crippen LogP contribution in [0.4, 0.5) is 11.8 Å². The lowest BCUT2D eigenvalue weighted by Crippen LogP contribution is -2.17. The van der Waals surface area contributed by atoms with Crippen molar-refractivity contribution in [3.05, 3.63) is 36.2 Å². The van der Waals surface area contributed by atoms with Gasteiger partial charge in [-0.05, 0) is 30.7 Å². The summed E-state index contributed by atoms with van der Waals surface area (Å²) in [5, 5.41) is 4.04. The summed E-state index contributed by atoms with van der Waals surface area (Å²) in [6, 6.07) is 5.47. The first kappa shape index (κ1) is 18.5. The number of carbonyl (C=O) groups excluding carboxylic acids is 1. The number of nitrogens with zero attached hydrogens (tertiary/aromatic N) is 5. The number of pyridine rings is 2. The third kappa shape index (κ3) is 3.63. The maximum absolute atomic E-state index is 12.2. The van der Waals surface area contributed by atoms with Crippen molar-refractivity contribution >= 4 is 35.8 Å². The summed E-state index contributed by atoms with van der Waals surface area (Å²) in [6.45, 7) is 2.08.